The molecule has 0 aromatic carbocycles. The highest BCUT2D eigenvalue weighted by Crippen LogP contribution is 2.15. The molecule has 3 N–H and O–H groups in total. The number of aromatic nitrogens is 2. The van der Waals surface area contributed by atoms with Gasteiger partial charge in [0.25, 0.3) is 0 Å². The van der Waals surface area contributed by atoms with Gasteiger partial charge in [-0.05, 0) is 12.7 Å². The molecule has 5 heteroatoms. The molecule has 0 aliphatic heterocycles. The molecule has 4 nitrogen and oxygen atoms in total. The number of thioether (sulfide) groups is 1. The van der Waals surface area contributed by atoms with Crippen LogP contribution >= 0.6 is 11.8 Å². The third-order valence-electron chi connectivity index (χ3n) is 2.09. The van der Waals surface area contributed by atoms with Crippen molar-refractivity contribution in [3.05, 3.63) is 18.2 Å². The number of nitrogens with two attached hydrogens (primary N) is 1. The fourth-order valence-electron chi connectivity index (χ4n) is 1.33. The van der Waals surface area contributed by atoms with Gasteiger partial charge in [0.15, 0.2) is 0 Å². The second-order valence-corrected chi connectivity index (χ2v) is 4.27. The van der Waals surface area contributed by atoms with Gasteiger partial charge in [-0.1, -0.05) is 6.92 Å². The first-order valence-corrected chi connectivity index (χ1v) is 6.03. The van der Waals surface area contributed by atoms with Crippen molar-refractivity contribution in [2.75, 3.05) is 11.5 Å². The highest BCUT2D eigenvalue weighted by Gasteiger charge is 2.14. The maximum absolute atomic E-state index is 5.51. The van der Waals surface area contributed by atoms with Crippen molar-refractivity contribution in [2.45, 2.75) is 26.4 Å². The minimum Gasteiger partial charge on any atom is -0.334 e. The molecule has 1 aromatic rings. The first-order chi connectivity index (χ1) is 6.83. The number of hydrazine groups is 1. The lowest BCUT2D eigenvalue weighted by molar-refractivity contribution is 0.541. The molecule has 0 saturated heterocycles. The first kappa shape index (κ1) is 11.6. The topological polar surface area (TPSA) is 55.9 Å². The summed E-state index contributed by atoms with van der Waals surface area (Å²) in [7, 11) is 0. The van der Waals surface area contributed by atoms with Crippen molar-refractivity contribution in [3.8, 4) is 0 Å². The zero-order valence-corrected chi connectivity index (χ0v) is 9.55. The summed E-state index contributed by atoms with van der Waals surface area (Å²) in [6.07, 6.45) is 3.80. The molecule has 14 heavy (non-hydrogen) atoms. The van der Waals surface area contributed by atoms with E-state index in [0.29, 0.717) is 0 Å². The van der Waals surface area contributed by atoms with E-state index in [1.54, 1.807) is 0 Å². The molecule has 1 unspecified atom stereocenters. The number of nitrogens with one attached hydrogen (secondary N) is 1. The minimum atomic E-state index is 0.148. The third kappa shape index (κ3) is 2.73. The Morgan fingerprint density at radius 3 is 3.00 bits per heavy atom. The Labute approximate surface area is 89.2 Å². The summed E-state index contributed by atoms with van der Waals surface area (Å²) >= 11 is 1.86. The summed E-state index contributed by atoms with van der Waals surface area (Å²) < 4.78 is 2.11. The van der Waals surface area contributed by atoms with Crippen molar-refractivity contribution in [1.29, 1.82) is 0 Å². The fraction of sp³-hybridized carbons (Fsp3) is 0.667. The van der Waals surface area contributed by atoms with E-state index in [1.165, 1.54) is 0 Å². The normalized spacial score (nSPS) is 13.1. The summed E-state index contributed by atoms with van der Waals surface area (Å²) in [6.45, 7) is 5.18. The zero-order chi connectivity index (χ0) is 10.4. The monoisotopic (exact) mass is 214 g/mol. The van der Waals surface area contributed by atoms with E-state index in [2.05, 4.69) is 28.8 Å². The number of aryl methyl sites for hydroxylation is 1. The Morgan fingerprint density at radius 2 is 2.43 bits per heavy atom. The number of imidazole rings is 1. The van der Waals surface area contributed by atoms with Crippen LogP contribution in [0.5, 0.6) is 0 Å². The van der Waals surface area contributed by atoms with Crippen molar-refractivity contribution >= 4 is 11.8 Å². The van der Waals surface area contributed by atoms with Gasteiger partial charge in [-0.25, -0.2) is 10.4 Å². The summed E-state index contributed by atoms with van der Waals surface area (Å²) in [5.74, 6) is 8.60. The third-order valence-corrected chi connectivity index (χ3v) is 3.07. The molecule has 80 valence electrons. The second-order valence-electron chi connectivity index (χ2n) is 2.95. The van der Waals surface area contributed by atoms with Gasteiger partial charge < -0.3 is 4.57 Å². The van der Waals surface area contributed by atoms with Crippen LogP contribution in [-0.2, 0) is 6.54 Å². The largest absolute Gasteiger partial charge is 0.334 e. The van der Waals surface area contributed by atoms with Crippen LogP contribution in [0.15, 0.2) is 12.4 Å². The molecule has 1 rings (SSSR count). The predicted molar refractivity (Wildman–Crippen MR) is 61.0 cm³/mol. The van der Waals surface area contributed by atoms with Gasteiger partial charge in [0.1, 0.15) is 5.82 Å². The Bertz CT molecular complexity index is 261. The molecule has 1 atom stereocenters. The molecule has 0 fully saturated rings. The summed E-state index contributed by atoms with van der Waals surface area (Å²) in [6, 6.07) is 0.148. The molecular formula is C9H18N4S. The Hall–Kier alpha value is -0.520. The van der Waals surface area contributed by atoms with Crippen LogP contribution in [0.25, 0.3) is 0 Å². The minimum absolute atomic E-state index is 0.148. The predicted octanol–water partition coefficient (Wildman–Crippen LogP) is 1.16. The molecule has 0 aliphatic rings. The van der Waals surface area contributed by atoms with Crippen LogP contribution in [-0.4, -0.2) is 21.1 Å². The standard InChI is InChI=1S/C9H18N4S/c1-3-13-6-5-11-9(13)8(12-10)7-14-4-2/h5-6,8,12H,3-4,7,10H2,1-2H3. The van der Waals surface area contributed by atoms with Gasteiger partial charge in [0, 0.05) is 24.7 Å². The van der Waals surface area contributed by atoms with E-state index >= 15 is 0 Å². The van der Waals surface area contributed by atoms with Crippen LogP contribution in [0.2, 0.25) is 0 Å². The molecule has 0 amide bonds. The number of nitrogens with zero attached hydrogens (tertiary/aromatic N) is 2. The second kappa shape index (κ2) is 6.06. The van der Waals surface area contributed by atoms with Gasteiger partial charge in [-0.15, -0.1) is 0 Å². The van der Waals surface area contributed by atoms with Crippen molar-refractivity contribution in [3.63, 3.8) is 0 Å². The van der Waals surface area contributed by atoms with E-state index in [-0.39, 0.29) is 6.04 Å². The highest BCUT2D eigenvalue weighted by atomic mass is 32.2. The number of hydrogen-bond acceptors (Lipinski definition) is 4. The van der Waals surface area contributed by atoms with Crippen LogP contribution in [0.1, 0.15) is 25.7 Å². The van der Waals surface area contributed by atoms with Crippen molar-refractivity contribution in [2.24, 2.45) is 5.84 Å². The van der Waals surface area contributed by atoms with Gasteiger partial charge in [-0.2, -0.15) is 11.8 Å². The average molecular weight is 214 g/mol. The molecule has 0 radical (unpaired) electrons. The van der Waals surface area contributed by atoms with E-state index in [0.717, 1.165) is 23.9 Å². The van der Waals surface area contributed by atoms with E-state index in [4.69, 9.17) is 5.84 Å². The van der Waals surface area contributed by atoms with Crippen molar-refractivity contribution in [1.82, 2.24) is 15.0 Å². The van der Waals surface area contributed by atoms with Gasteiger partial charge in [0.2, 0.25) is 0 Å². The molecule has 0 bridgehead atoms. The average Bonchev–Trinajstić information content (AvgIpc) is 2.67. The lowest BCUT2D eigenvalue weighted by Gasteiger charge is -2.15. The summed E-state index contributed by atoms with van der Waals surface area (Å²) in [5.41, 5.74) is 2.81. The van der Waals surface area contributed by atoms with Gasteiger partial charge in [0.05, 0.1) is 6.04 Å². The first-order valence-electron chi connectivity index (χ1n) is 4.88. The lowest BCUT2D eigenvalue weighted by atomic mass is 10.3. The summed E-state index contributed by atoms with van der Waals surface area (Å²) in [4.78, 5) is 4.32. The van der Waals surface area contributed by atoms with Crippen LogP contribution in [0.4, 0.5) is 0 Å². The quantitative estimate of drug-likeness (QED) is 0.551. The Kier molecular flexibility index (Phi) is 5.00. The molecule has 0 aliphatic carbocycles. The maximum atomic E-state index is 5.51. The fourth-order valence-corrected chi connectivity index (χ4v) is 2.05. The maximum Gasteiger partial charge on any atom is 0.128 e. The van der Waals surface area contributed by atoms with Gasteiger partial charge >= 0.3 is 0 Å². The molecule has 1 heterocycles. The SMILES string of the molecule is CCSCC(NN)c1nccn1CC. The summed E-state index contributed by atoms with van der Waals surface area (Å²) in [5, 5.41) is 0. The molecule has 0 spiro atoms. The number of rotatable bonds is 6. The van der Waals surface area contributed by atoms with E-state index < -0.39 is 0 Å². The molecule has 1 aromatic heterocycles. The molecular weight excluding hydrogens is 196 g/mol. The molecule has 0 saturated carbocycles. The Balaban J connectivity index is 2.67. The zero-order valence-electron chi connectivity index (χ0n) is 8.73. The van der Waals surface area contributed by atoms with E-state index in [1.807, 2.05) is 24.2 Å². The van der Waals surface area contributed by atoms with E-state index in [9.17, 15) is 0 Å². The smallest absolute Gasteiger partial charge is 0.128 e. The highest BCUT2D eigenvalue weighted by molar-refractivity contribution is 7.99. The van der Waals surface area contributed by atoms with Crippen LogP contribution in [0.3, 0.4) is 0 Å². The Morgan fingerprint density at radius 1 is 1.64 bits per heavy atom. The van der Waals surface area contributed by atoms with Crippen molar-refractivity contribution < 1.29 is 0 Å². The van der Waals surface area contributed by atoms with Gasteiger partial charge in [-0.3, -0.25) is 5.84 Å². The lowest BCUT2D eigenvalue weighted by Crippen LogP contribution is -2.32. The van der Waals surface area contributed by atoms with Crippen LogP contribution < -0.4 is 11.3 Å². The number of hydrogen-bond donors (Lipinski definition) is 2. The van der Waals surface area contributed by atoms with Crippen LogP contribution in [0, 0.1) is 0 Å².